The molecule has 0 fully saturated rings. The fraction of sp³-hybridized carbons (Fsp3) is 0.400. The maximum atomic E-state index is 11.7. The van der Waals surface area contributed by atoms with E-state index in [1.165, 1.54) is 6.20 Å². The highest BCUT2D eigenvalue weighted by molar-refractivity contribution is 9.10. The summed E-state index contributed by atoms with van der Waals surface area (Å²) in [5.41, 5.74) is 0.309. The second-order valence-electron chi connectivity index (χ2n) is 3.08. The lowest BCUT2D eigenvalue weighted by molar-refractivity contribution is 0.0838. The van der Waals surface area contributed by atoms with Crippen LogP contribution in [0.1, 0.15) is 10.4 Å². The molecule has 7 heteroatoms. The van der Waals surface area contributed by atoms with Crippen LogP contribution in [0.25, 0.3) is 0 Å². The van der Waals surface area contributed by atoms with Gasteiger partial charge in [-0.25, -0.2) is 4.98 Å². The standard InChI is InChI=1S/C10H12BrClN2O3/c11-7-5-8(9(12)14-6-7)10(16)13-1-3-17-4-2-15/h5-6,15H,1-4H2,(H,13,16). The Morgan fingerprint density at radius 3 is 3.06 bits per heavy atom. The third-order valence-electron chi connectivity index (χ3n) is 1.82. The number of ether oxygens (including phenoxy) is 1. The molecular weight excluding hydrogens is 311 g/mol. The van der Waals surface area contributed by atoms with Gasteiger partial charge in [-0.1, -0.05) is 11.6 Å². The molecular formula is C10H12BrClN2O3. The molecule has 0 bridgehead atoms. The van der Waals surface area contributed by atoms with Crippen molar-refractivity contribution in [3.63, 3.8) is 0 Å². The first-order chi connectivity index (χ1) is 8.15. The fourth-order valence-corrected chi connectivity index (χ4v) is 1.60. The number of aliphatic hydroxyl groups is 1. The summed E-state index contributed by atoms with van der Waals surface area (Å²) < 4.78 is 5.68. The largest absolute Gasteiger partial charge is 0.394 e. The van der Waals surface area contributed by atoms with Gasteiger partial charge in [-0.15, -0.1) is 0 Å². The van der Waals surface area contributed by atoms with Crippen molar-refractivity contribution in [3.8, 4) is 0 Å². The maximum Gasteiger partial charge on any atom is 0.254 e. The molecule has 0 aliphatic heterocycles. The van der Waals surface area contributed by atoms with E-state index < -0.39 is 0 Å². The van der Waals surface area contributed by atoms with E-state index in [4.69, 9.17) is 21.4 Å². The zero-order chi connectivity index (χ0) is 12.7. The van der Waals surface area contributed by atoms with Gasteiger partial charge in [0.25, 0.3) is 5.91 Å². The van der Waals surface area contributed by atoms with Crippen LogP contribution in [-0.4, -0.2) is 42.4 Å². The van der Waals surface area contributed by atoms with Crippen LogP contribution in [0.15, 0.2) is 16.7 Å². The van der Waals surface area contributed by atoms with Gasteiger partial charge in [-0.05, 0) is 22.0 Å². The third-order valence-corrected chi connectivity index (χ3v) is 2.55. The number of carbonyl (C=O) groups excluding carboxylic acids is 1. The van der Waals surface area contributed by atoms with Crippen LogP contribution in [-0.2, 0) is 4.74 Å². The second kappa shape index (κ2) is 7.60. The minimum absolute atomic E-state index is 0.0324. The first kappa shape index (κ1) is 14.4. The number of nitrogens with zero attached hydrogens (tertiary/aromatic N) is 1. The number of aromatic nitrogens is 1. The summed E-state index contributed by atoms with van der Waals surface area (Å²) in [6.07, 6.45) is 1.52. The minimum Gasteiger partial charge on any atom is -0.394 e. The van der Waals surface area contributed by atoms with Gasteiger partial charge < -0.3 is 15.2 Å². The number of halogens is 2. The lowest BCUT2D eigenvalue weighted by Crippen LogP contribution is -2.28. The van der Waals surface area contributed by atoms with Gasteiger partial charge >= 0.3 is 0 Å². The number of carbonyl (C=O) groups is 1. The van der Waals surface area contributed by atoms with E-state index >= 15 is 0 Å². The predicted molar refractivity (Wildman–Crippen MR) is 67.2 cm³/mol. The average Bonchev–Trinajstić information content (AvgIpc) is 2.32. The summed E-state index contributed by atoms with van der Waals surface area (Å²) in [4.78, 5) is 15.5. The summed E-state index contributed by atoms with van der Waals surface area (Å²) in [7, 11) is 0. The van der Waals surface area contributed by atoms with Gasteiger partial charge in [-0.2, -0.15) is 0 Å². The molecule has 0 spiro atoms. The Labute approximate surface area is 112 Å². The molecule has 0 aliphatic carbocycles. The monoisotopic (exact) mass is 322 g/mol. The molecule has 0 aromatic carbocycles. The molecule has 0 saturated carbocycles. The van der Waals surface area contributed by atoms with Crippen LogP contribution in [0.2, 0.25) is 5.15 Å². The number of pyridine rings is 1. The molecule has 0 atom stereocenters. The molecule has 17 heavy (non-hydrogen) atoms. The second-order valence-corrected chi connectivity index (χ2v) is 4.36. The van der Waals surface area contributed by atoms with Crippen molar-refractivity contribution >= 4 is 33.4 Å². The maximum absolute atomic E-state index is 11.7. The van der Waals surface area contributed by atoms with Crippen molar-refractivity contribution < 1.29 is 14.6 Å². The minimum atomic E-state index is -0.309. The molecule has 1 rings (SSSR count). The Morgan fingerprint density at radius 1 is 1.59 bits per heavy atom. The van der Waals surface area contributed by atoms with E-state index in [0.29, 0.717) is 23.2 Å². The highest BCUT2D eigenvalue weighted by Crippen LogP contribution is 2.17. The Morgan fingerprint density at radius 2 is 2.35 bits per heavy atom. The Hall–Kier alpha value is -0.690. The van der Waals surface area contributed by atoms with Crippen molar-refractivity contribution in [3.05, 3.63) is 27.5 Å². The van der Waals surface area contributed by atoms with E-state index in [1.54, 1.807) is 6.07 Å². The Bertz CT molecular complexity index is 390. The van der Waals surface area contributed by atoms with Crippen LogP contribution in [0.5, 0.6) is 0 Å². The average molecular weight is 324 g/mol. The van der Waals surface area contributed by atoms with Crippen molar-refractivity contribution in [2.24, 2.45) is 0 Å². The SMILES string of the molecule is O=C(NCCOCCO)c1cc(Br)cnc1Cl. The van der Waals surface area contributed by atoms with Gasteiger partial charge in [0.1, 0.15) is 5.15 Å². The molecule has 5 nitrogen and oxygen atoms in total. The van der Waals surface area contributed by atoms with E-state index in [2.05, 4.69) is 26.2 Å². The van der Waals surface area contributed by atoms with Crippen LogP contribution in [0, 0.1) is 0 Å². The zero-order valence-electron chi connectivity index (χ0n) is 8.95. The number of nitrogens with one attached hydrogen (secondary N) is 1. The molecule has 1 heterocycles. The first-order valence-electron chi connectivity index (χ1n) is 4.93. The summed E-state index contributed by atoms with van der Waals surface area (Å²) in [5.74, 6) is -0.309. The lowest BCUT2D eigenvalue weighted by atomic mass is 10.2. The molecule has 0 radical (unpaired) electrons. The fourth-order valence-electron chi connectivity index (χ4n) is 1.08. The Kier molecular flexibility index (Phi) is 6.43. The Balaban J connectivity index is 2.44. The molecule has 94 valence electrons. The molecule has 1 aromatic rings. The number of amides is 1. The van der Waals surface area contributed by atoms with Crippen molar-refractivity contribution in [2.75, 3.05) is 26.4 Å². The van der Waals surface area contributed by atoms with Crippen LogP contribution >= 0.6 is 27.5 Å². The summed E-state index contributed by atoms with van der Waals surface area (Å²) in [5, 5.41) is 11.3. The number of rotatable bonds is 6. The third kappa shape index (κ3) is 4.99. The summed E-state index contributed by atoms with van der Waals surface area (Å²) in [6, 6.07) is 1.60. The van der Waals surface area contributed by atoms with Gasteiger partial charge in [0.2, 0.25) is 0 Å². The molecule has 1 amide bonds. The summed E-state index contributed by atoms with van der Waals surface area (Å²) in [6.45, 7) is 0.914. The molecule has 0 unspecified atom stereocenters. The summed E-state index contributed by atoms with van der Waals surface area (Å²) >= 11 is 9.01. The highest BCUT2D eigenvalue weighted by atomic mass is 79.9. The van der Waals surface area contributed by atoms with Crippen LogP contribution in [0.4, 0.5) is 0 Å². The smallest absolute Gasteiger partial charge is 0.254 e. The van der Waals surface area contributed by atoms with Crippen molar-refractivity contribution in [1.82, 2.24) is 10.3 Å². The number of aliphatic hydroxyl groups excluding tert-OH is 1. The van der Waals surface area contributed by atoms with E-state index in [9.17, 15) is 4.79 Å². The zero-order valence-corrected chi connectivity index (χ0v) is 11.3. The quantitative estimate of drug-likeness (QED) is 0.610. The molecule has 2 N–H and O–H groups in total. The topological polar surface area (TPSA) is 71.5 Å². The van der Waals surface area contributed by atoms with Crippen LogP contribution < -0.4 is 5.32 Å². The van der Waals surface area contributed by atoms with Crippen molar-refractivity contribution in [2.45, 2.75) is 0 Å². The van der Waals surface area contributed by atoms with E-state index in [0.717, 1.165) is 0 Å². The van der Waals surface area contributed by atoms with Gasteiger partial charge in [0, 0.05) is 17.2 Å². The van der Waals surface area contributed by atoms with E-state index in [1.807, 2.05) is 0 Å². The van der Waals surface area contributed by atoms with Gasteiger partial charge in [0.05, 0.1) is 25.4 Å². The first-order valence-corrected chi connectivity index (χ1v) is 6.10. The molecule has 0 aliphatic rings. The predicted octanol–water partition coefficient (Wildman–Crippen LogP) is 1.24. The lowest BCUT2D eigenvalue weighted by Gasteiger charge is -2.06. The number of hydrogen-bond donors (Lipinski definition) is 2. The van der Waals surface area contributed by atoms with Crippen LogP contribution in [0.3, 0.4) is 0 Å². The van der Waals surface area contributed by atoms with Gasteiger partial charge in [-0.3, -0.25) is 4.79 Å². The van der Waals surface area contributed by atoms with Crippen molar-refractivity contribution in [1.29, 1.82) is 0 Å². The number of hydrogen-bond acceptors (Lipinski definition) is 4. The highest BCUT2D eigenvalue weighted by Gasteiger charge is 2.11. The molecule has 0 saturated heterocycles. The van der Waals surface area contributed by atoms with E-state index in [-0.39, 0.29) is 24.3 Å². The normalized spacial score (nSPS) is 10.3. The molecule has 1 aromatic heterocycles. The van der Waals surface area contributed by atoms with Gasteiger partial charge in [0.15, 0.2) is 0 Å².